The van der Waals surface area contributed by atoms with Crippen LogP contribution in [-0.4, -0.2) is 11.7 Å². The molecule has 0 bridgehead atoms. The molecule has 1 saturated carbocycles. The SMILES string of the molecule is C[C@H](CO)CC1CCCC1. The van der Waals surface area contributed by atoms with E-state index in [1.54, 1.807) is 0 Å². The molecule has 0 aromatic rings. The van der Waals surface area contributed by atoms with Crippen molar-refractivity contribution in [2.75, 3.05) is 6.61 Å². The lowest BCUT2D eigenvalue weighted by Crippen LogP contribution is -2.06. The second kappa shape index (κ2) is 3.97. The summed E-state index contributed by atoms with van der Waals surface area (Å²) in [5, 5.41) is 8.80. The van der Waals surface area contributed by atoms with Crippen molar-refractivity contribution in [3.8, 4) is 0 Å². The molecular weight excluding hydrogens is 124 g/mol. The van der Waals surface area contributed by atoms with Crippen molar-refractivity contribution in [3.63, 3.8) is 0 Å². The van der Waals surface area contributed by atoms with E-state index in [1.807, 2.05) is 0 Å². The van der Waals surface area contributed by atoms with Gasteiger partial charge in [0.05, 0.1) is 0 Å². The highest BCUT2D eigenvalue weighted by atomic mass is 16.3. The molecule has 1 heteroatoms. The van der Waals surface area contributed by atoms with Crippen molar-refractivity contribution in [1.82, 2.24) is 0 Å². The zero-order chi connectivity index (χ0) is 7.40. The van der Waals surface area contributed by atoms with Crippen molar-refractivity contribution in [2.45, 2.75) is 39.0 Å². The third kappa shape index (κ3) is 2.30. The molecule has 1 fully saturated rings. The van der Waals surface area contributed by atoms with Gasteiger partial charge in [-0.05, 0) is 18.3 Å². The van der Waals surface area contributed by atoms with Gasteiger partial charge < -0.3 is 5.11 Å². The molecule has 60 valence electrons. The Morgan fingerprint density at radius 1 is 1.40 bits per heavy atom. The number of aliphatic hydroxyl groups is 1. The van der Waals surface area contributed by atoms with E-state index in [4.69, 9.17) is 5.11 Å². The van der Waals surface area contributed by atoms with Crippen LogP contribution in [0.15, 0.2) is 0 Å². The lowest BCUT2D eigenvalue weighted by atomic mass is 9.95. The standard InChI is InChI=1S/C9H18O/c1-8(7-10)6-9-4-2-3-5-9/h8-10H,2-7H2,1H3/t8-/m0/s1. The minimum absolute atomic E-state index is 0.372. The van der Waals surface area contributed by atoms with Crippen molar-refractivity contribution < 1.29 is 5.11 Å². The van der Waals surface area contributed by atoms with Gasteiger partial charge in [-0.2, -0.15) is 0 Å². The van der Waals surface area contributed by atoms with Gasteiger partial charge in [0.2, 0.25) is 0 Å². The molecular formula is C9H18O. The first kappa shape index (κ1) is 8.06. The zero-order valence-electron chi connectivity index (χ0n) is 6.84. The van der Waals surface area contributed by atoms with E-state index < -0.39 is 0 Å². The highest BCUT2D eigenvalue weighted by molar-refractivity contribution is 4.69. The summed E-state index contributed by atoms with van der Waals surface area (Å²) in [5.74, 6) is 1.46. The van der Waals surface area contributed by atoms with E-state index in [9.17, 15) is 0 Å². The molecule has 1 rings (SSSR count). The Hall–Kier alpha value is -0.0400. The van der Waals surface area contributed by atoms with Gasteiger partial charge in [0, 0.05) is 6.61 Å². The Bertz CT molecular complexity index is 84.7. The van der Waals surface area contributed by atoms with E-state index in [1.165, 1.54) is 32.1 Å². The van der Waals surface area contributed by atoms with Gasteiger partial charge in [-0.3, -0.25) is 0 Å². The Morgan fingerprint density at radius 3 is 2.50 bits per heavy atom. The predicted molar refractivity (Wildman–Crippen MR) is 42.8 cm³/mol. The summed E-state index contributed by atoms with van der Waals surface area (Å²) < 4.78 is 0. The molecule has 1 N–H and O–H groups in total. The summed E-state index contributed by atoms with van der Waals surface area (Å²) >= 11 is 0. The van der Waals surface area contributed by atoms with Gasteiger partial charge in [0.1, 0.15) is 0 Å². The summed E-state index contributed by atoms with van der Waals surface area (Å²) in [4.78, 5) is 0. The average Bonchev–Trinajstić information content (AvgIpc) is 2.40. The van der Waals surface area contributed by atoms with E-state index in [2.05, 4.69) is 6.92 Å². The molecule has 1 nitrogen and oxygen atoms in total. The van der Waals surface area contributed by atoms with Crippen LogP contribution in [0.1, 0.15) is 39.0 Å². The fourth-order valence-corrected chi connectivity index (χ4v) is 1.89. The van der Waals surface area contributed by atoms with Crippen LogP contribution in [0.25, 0.3) is 0 Å². The fraction of sp³-hybridized carbons (Fsp3) is 1.00. The van der Waals surface area contributed by atoms with Crippen LogP contribution in [0.2, 0.25) is 0 Å². The molecule has 0 aromatic carbocycles. The normalized spacial score (nSPS) is 23.4. The van der Waals surface area contributed by atoms with E-state index in [-0.39, 0.29) is 0 Å². The smallest absolute Gasteiger partial charge is 0.0456 e. The maximum Gasteiger partial charge on any atom is 0.0456 e. The van der Waals surface area contributed by atoms with Gasteiger partial charge >= 0.3 is 0 Å². The minimum atomic E-state index is 0.372. The fourth-order valence-electron chi connectivity index (χ4n) is 1.89. The number of hydrogen-bond acceptors (Lipinski definition) is 1. The Labute approximate surface area is 63.4 Å². The van der Waals surface area contributed by atoms with Gasteiger partial charge in [-0.15, -0.1) is 0 Å². The Kier molecular flexibility index (Phi) is 3.20. The first-order valence-electron chi connectivity index (χ1n) is 4.43. The van der Waals surface area contributed by atoms with Crippen LogP contribution in [0.3, 0.4) is 0 Å². The second-order valence-corrected chi connectivity index (χ2v) is 3.67. The largest absolute Gasteiger partial charge is 0.396 e. The summed E-state index contributed by atoms with van der Waals surface area (Å²) in [7, 11) is 0. The van der Waals surface area contributed by atoms with Crippen molar-refractivity contribution in [3.05, 3.63) is 0 Å². The average molecular weight is 142 g/mol. The van der Waals surface area contributed by atoms with Crippen molar-refractivity contribution >= 4 is 0 Å². The minimum Gasteiger partial charge on any atom is -0.396 e. The molecule has 0 unspecified atom stereocenters. The molecule has 10 heavy (non-hydrogen) atoms. The van der Waals surface area contributed by atoms with Crippen molar-refractivity contribution in [2.24, 2.45) is 11.8 Å². The maximum absolute atomic E-state index is 8.80. The van der Waals surface area contributed by atoms with Crippen LogP contribution < -0.4 is 0 Å². The van der Waals surface area contributed by atoms with Crippen molar-refractivity contribution in [1.29, 1.82) is 0 Å². The van der Waals surface area contributed by atoms with Crippen LogP contribution in [-0.2, 0) is 0 Å². The third-order valence-corrected chi connectivity index (χ3v) is 2.52. The summed E-state index contributed by atoms with van der Waals surface area (Å²) in [6.45, 7) is 2.51. The monoisotopic (exact) mass is 142 g/mol. The lowest BCUT2D eigenvalue weighted by molar-refractivity contribution is 0.213. The zero-order valence-corrected chi connectivity index (χ0v) is 6.84. The Morgan fingerprint density at radius 2 is 2.00 bits per heavy atom. The van der Waals surface area contributed by atoms with Crippen LogP contribution >= 0.6 is 0 Å². The number of rotatable bonds is 3. The summed E-state index contributed by atoms with van der Waals surface area (Å²) in [6.07, 6.45) is 6.90. The number of aliphatic hydroxyl groups excluding tert-OH is 1. The van der Waals surface area contributed by atoms with Crippen LogP contribution in [0, 0.1) is 11.8 Å². The third-order valence-electron chi connectivity index (χ3n) is 2.52. The van der Waals surface area contributed by atoms with E-state index in [0.29, 0.717) is 12.5 Å². The van der Waals surface area contributed by atoms with Gasteiger partial charge in [0.15, 0.2) is 0 Å². The summed E-state index contributed by atoms with van der Waals surface area (Å²) in [6, 6.07) is 0. The van der Waals surface area contributed by atoms with Gasteiger partial charge in [-0.25, -0.2) is 0 Å². The molecule has 0 amide bonds. The lowest BCUT2D eigenvalue weighted by Gasteiger charge is -2.12. The molecule has 0 heterocycles. The van der Waals surface area contributed by atoms with Gasteiger partial charge in [-0.1, -0.05) is 32.6 Å². The summed E-state index contributed by atoms with van der Waals surface area (Å²) in [5.41, 5.74) is 0. The predicted octanol–water partition coefficient (Wildman–Crippen LogP) is 2.20. The Balaban J connectivity index is 2.11. The molecule has 0 aromatic heterocycles. The van der Waals surface area contributed by atoms with E-state index >= 15 is 0 Å². The highest BCUT2D eigenvalue weighted by Gasteiger charge is 2.16. The van der Waals surface area contributed by atoms with E-state index in [0.717, 1.165) is 5.92 Å². The second-order valence-electron chi connectivity index (χ2n) is 3.67. The molecule has 1 atom stereocenters. The molecule has 0 aliphatic heterocycles. The molecule has 0 spiro atoms. The topological polar surface area (TPSA) is 20.2 Å². The quantitative estimate of drug-likeness (QED) is 0.640. The van der Waals surface area contributed by atoms with Crippen LogP contribution in [0.4, 0.5) is 0 Å². The first-order valence-corrected chi connectivity index (χ1v) is 4.43. The molecule has 1 aliphatic rings. The van der Waals surface area contributed by atoms with Gasteiger partial charge in [0.25, 0.3) is 0 Å². The maximum atomic E-state index is 8.80. The number of hydrogen-bond donors (Lipinski definition) is 1. The molecule has 1 aliphatic carbocycles. The molecule has 0 radical (unpaired) electrons. The first-order chi connectivity index (χ1) is 4.83. The highest BCUT2D eigenvalue weighted by Crippen LogP contribution is 2.29. The van der Waals surface area contributed by atoms with Crippen LogP contribution in [0.5, 0.6) is 0 Å². The molecule has 0 saturated heterocycles.